The van der Waals surface area contributed by atoms with Crippen LogP contribution in [0.2, 0.25) is 4.34 Å². The molecule has 0 saturated carbocycles. The van der Waals surface area contributed by atoms with Gasteiger partial charge in [0.2, 0.25) is 0 Å². The molecule has 0 aliphatic heterocycles. The molecular weight excluding hydrogens is 290 g/mol. The molecule has 0 radical (unpaired) electrons. The third-order valence-corrected chi connectivity index (χ3v) is 5.66. The van der Waals surface area contributed by atoms with E-state index in [0.29, 0.717) is 10.9 Å². The molecule has 0 saturated heterocycles. The maximum absolute atomic E-state index is 10.9. The van der Waals surface area contributed by atoms with E-state index < -0.39 is 6.10 Å². The lowest BCUT2D eigenvalue weighted by Gasteiger charge is -2.41. The molecule has 3 N–H and O–H groups in total. The number of aliphatic hydroxyl groups excluding tert-OH is 1. The third kappa shape index (κ3) is 2.19. The number of aliphatic hydroxyl groups is 1. The van der Waals surface area contributed by atoms with Gasteiger partial charge in [-0.3, -0.25) is 0 Å². The van der Waals surface area contributed by atoms with Crippen LogP contribution in [0, 0.1) is 0 Å². The van der Waals surface area contributed by atoms with Crippen molar-refractivity contribution in [3.63, 3.8) is 0 Å². The fourth-order valence-electron chi connectivity index (χ4n) is 3.31. The van der Waals surface area contributed by atoms with Gasteiger partial charge in [0.1, 0.15) is 0 Å². The summed E-state index contributed by atoms with van der Waals surface area (Å²) in [6.45, 7) is 0.445. The van der Waals surface area contributed by atoms with Crippen molar-refractivity contribution in [2.24, 2.45) is 5.73 Å². The molecule has 1 aromatic heterocycles. The summed E-state index contributed by atoms with van der Waals surface area (Å²) < 4.78 is 0.704. The summed E-state index contributed by atoms with van der Waals surface area (Å²) in [5.41, 5.74) is 8.23. The van der Waals surface area contributed by atoms with E-state index in [2.05, 4.69) is 18.2 Å². The zero-order valence-corrected chi connectivity index (χ0v) is 12.8. The van der Waals surface area contributed by atoms with E-state index in [9.17, 15) is 5.11 Å². The highest BCUT2D eigenvalue weighted by Gasteiger charge is 2.42. The minimum absolute atomic E-state index is 0.386. The predicted octanol–water partition coefficient (Wildman–Crippen LogP) is 3.67. The second-order valence-electron chi connectivity index (χ2n) is 5.42. The van der Waals surface area contributed by atoms with Crippen LogP contribution in [0.3, 0.4) is 0 Å². The SMILES string of the molecule is NCC1(C(O)c2ccc(Cl)s2)CCCc2ccccc21. The first-order chi connectivity index (χ1) is 9.67. The molecular formula is C16H18ClNOS. The predicted molar refractivity (Wildman–Crippen MR) is 84.4 cm³/mol. The molecule has 3 rings (SSSR count). The van der Waals surface area contributed by atoms with Crippen molar-refractivity contribution in [1.82, 2.24) is 0 Å². The molecule has 0 bridgehead atoms. The molecule has 0 amide bonds. The van der Waals surface area contributed by atoms with Crippen LogP contribution >= 0.6 is 22.9 Å². The lowest BCUT2D eigenvalue weighted by Crippen LogP contribution is -2.43. The largest absolute Gasteiger partial charge is 0.387 e. The summed E-state index contributed by atoms with van der Waals surface area (Å²) in [7, 11) is 0. The third-order valence-electron chi connectivity index (χ3n) is 4.37. The van der Waals surface area contributed by atoms with Gasteiger partial charge in [-0.2, -0.15) is 0 Å². The highest BCUT2D eigenvalue weighted by Crippen LogP contribution is 2.47. The Morgan fingerprint density at radius 3 is 2.80 bits per heavy atom. The second kappa shape index (κ2) is 5.49. The average Bonchev–Trinajstić information content (AvgIpc) is 2.92. The first-order valence-corrected chi connectivity index (χ1v) is 8.08. The zero-order valence-electron chi connectivity index (χ0n) is 11.2. The number of thiophene rings is 1. The molecule has 1 aliphatic carbocycles. The molecule has 2 atom stereocenters. The van der Waals surface area contributed by atoms with Gasteiger partial charge < -0.3 is 10.8 Å². The van der Waals surface area contributed by atoms with Gasteiger partial charge in [-0.1, -0.05) is 35.9 Å². The fraction of sp³-hybridized carbons (Fsp3) is 0.375. The lowest BCUT2D eigenvalue weighted by molar-refractivity contribution is 0.0748. The molecule has 106 valence electrons. The van der Waals surface area contributed by atoms with Crippen LogP contribution in [-0.4, -0.2) is 11.7 Å². The van der Waals surface area contributed by atoms with Crippen LogP contribution in [0.25, 0.3) is 0 Å². The number of aryl methyl sites for hydroxylation is 1. The Morgan fingerprint density at radius 2 is 2.10 bits per heavy atom. The van der Waals surface area contributed by atoms with Crippen LogP contribution in [-0.2, 0) is 11.8 Å². The van der Waals surface area contributed by atoms with E-state index in [0.717, 1.165) is 24.1 Å². The highest BCUT2D eigenvalue weighted by atomic mass is 35.5. The van der Waals surface area contributed by atoms with Crippen LogP contribution in [0.5, 0.6) is 0 Å². The zero-order chi connectivity index (χ0) is 14.2. The maximum Gasteiger partial charge on any atom is 0.0990 e. The summed E-state index contributed by atoms with van der Waals surface area (Å²) in [6, 6.07) is 12.1. The first kappa shape index (κ1) is 14.1. The fourth-order valence-corrected chi connectivity index (χ4v) is 4.47. The molecule has 0 spiro atoms. The van der Waals surface area contributed by atoms with Gasteiger partial charge in [0.25, 0.3) is 0 Å². The van der Waals surface area contributed by atoms with Crippen LogP contribution < -0.4 is 5.73 Å². The Morgan fingerprint density at radius 1 is 1.30 bits per heavy atom. The van der Waals surface area contributed by atoms with Gasteiger partial charge in [0.05, 0.1) is 10.4 Å². The summed E-state index contributed by atoms with van der Waals surface area (Å²) in [6.07, 6.45) is 2.45. The average molecular weight is 308 g/mol. The smallest absolute Gasteiger partial charge is 0.0990 e. The van der Waals surface area contributed by atoms with Crippen molar-refractivity contribution in [2.75, 3.05) is 6.54 Å². The standard InChI is InChI=1S/C16H18ClNOS/c17-14-8-7-13(20-14)15(19)16(10-18)9-3-5-11-4-1-2-6-12(11)16/h1-2,4,6-8,15,19H,3,5,9-10,18H2. The number of halogens is 1. The Labute approximate surface area is 128 Å². The number of hydrogen-bond acceptors (Lipinski definition) is 3. The van der Waals surface area contributed by atoms with Crippen LogP contribution in [0.15, 0.2) is 36.4 Å². The topological polar surface area (TPSA) is 46.2 Å². The molecule has 2 aromatic rings. The van der Waals surface area contributed by atoms with Crippen molar-refractivity contribution < 1.29 is 5.11 Å². The van der Waals surface area contributed by atoms with Gasteiger partial charge >= 0.3 is 0 Å². The van der Waals surface area contributed by atoms with Gasteiger partial charge in [0.15, 0.2) is 0 Å². The van der Waals surface area contributed by atoms with Gasteiger partial charge in [0, 0.05) is 16.8 Å². The Hall–Kier alpha value is -0.870. The van der Waals surface area contributed by atoms with Gasteiger partial charge in [-0.15, -0.1) is 11.3 Å². The molecule has 2 unspecified atom stereocenters. The number of rotatable bonds is 3. The van der Waals surface area contributed by atoms with Gasteiger partial charge in [-0.25, -0.2) is 0 Å². The lowest BCUT2D eigenvalue weighted by atomic mass is 9.66. The van der Waals surface area contributed by atoms with Crippen molar-refractivity contribution in [3.05, 3.63) is 56.7 Å². The second-order valence-corrected chi connectivity index (χ2v) is 7.16. The normalized spacial score (nSPS) is 23.4. The van der Waals surface area contributed by atoms with Crippen LogP contribution in [0.4, 0.5) is 0 Å². The van der Waals surface area contributed by atoms with E-state index in [4.69, 9.17) is 17.3 Å². The Kier molecular flexibility index (Phi) is 3.87. The molecule has 0 fully saturated rings. The quantitative estimate of drug-likeness (QED) is 0.909. The molecule has 1 aromatic carbocycles. The summed E-state index contributed by atoms with van der Waals surface area (Å²) in [5.74, 6) is 0. The molecule has 20 heavy (non-hydrogen) atoms. The Bertz CT molecular complexity index is 612. The summed E-state index contributed by atoms with van der Waals surface area (Å²) in [4.78, 5) is 0.900. The maximum atomic E-state index is 10.9. The molecule has 1 aliphatic rings. The minimum Gasteiger partial charge on any atom is -0.387 e. The first-order valence-electron chi connectivity index (χ1n) is 6.89. The number of fused-ring (bicyclic) bond motifs is 1. The van der Waals surface area contributed by atoms with E-state index in [1.54, 1.807) is 0 Å². The molecule has 4 heteroatoms. The van der Waals surface area contributed by atoms with E-state index in [1.165, 1.54) is 22.5 Å². The van der Waals surface area contributed by atoms with E-state index in [-0.39, 0.29) is 5.41 Å². The Balaban J connectivity index is 2.08. The van der Waals surface area contributed by atoms with Crippen molar-refractivity contribution in [1.29, 1.82) is 0 Å². The number of nitrogens with two attached hydrogens (primary N) is 1. The van der Waals surface area contributed by atoms with Crippen molar-refractivity contribution in [3.8, 4) is 0 Å². The molecule has 2 nitrogen and oxygen atoms in total. The van der Waals surface area contributed by atoms with Gasteiger partial charge in [-0.05, 0) is 42.5 Å². The van der Waals surface area contributed by atoms with Crippen molar-refractivity contribution >= 4 is 22.9 Å². The van der Waals surface area contributed by atoms with Crippen LogP contribution in [0.1, 0.15) is 34.9 Å². The number of benzene rings is 1. The van der Waals surface area contributed by atoms with E-state index >= 15 is 0 Å². The summed E-state index contributed by atoms with van der Waals surface area (Å²) >= 11 is 7.45. The highest BCUT2D eigenvalue weighted by molar-refractivity contribution is 7.16. The summed E-state index contributed by atoms with van der Waals surface area (Å²) in [5, 5.41) is 10.9. The van der Waals surface area contributed by atoms with Crippen molar-refractivity contribution in [2.45, 2.75) is 30.8 Å². The molecule has 1 heterocycles. The minimum atomic E-state index is -0.591. The monoisotopic (exact) mass is 307 g/mol. The van der Waals surface area contributed by atoms with E-state index in [1.807, 2.05) is 18.2 Å². The number of hydrogen-bond donors (Lipinski definition) is 2.